The van der Waals surface area contributed by atoms with E-state index in [0.717, 1.165) is 12.1 Å². The van der Waals surface area contributed by atoms with E-state index in [0.29, 0.717) is 9.26 Å². The van der Waals surface area contributed by atoms with Crippen LogP contribution in [0.5, 0.6) is 0 Å². The molecular weight excluding hydrogens is 365 g/mol. The number of carbonyl (C=O) groups excluding carboxylic acids is 1. The molecule has 0 aliphatic heterocycles. The Morgan fingerprint density at radius 3 is 2.37 bits per heavy atom. The van der Waals surface area contributed by atoms with E-state index in [9.17, 15) is 13.6 Å². The Morgan fingerprint density at radius 2 is 1.74 bits per heavy atom. The van der Waals surface area contributed by atoms with Crippen LogP contribution in [0.25, 0.3) is 0 Å². The molecule has 0 fully saturated rings. The van der Waals surface area contributed by atoms with E-state index in [1.165, 1.54) is 24.3 Å². The minimum absolute atomic E-state index is 0.0506. The summed E-state index contributed by atoms with van der Waals surface area (Å²) in [5.41, 5.74) is 6.26. The summed E-state index contributed by atoms with van der Waals surface area (Å²) in [6, 6.07) is 7.52. The van der Waals surface area contributed by atoms with E-state index in [1.807, 2.05) is 22.6 Å². The Labute approximate surface area is 121 Å². The smallest absolute Gasteiger partial charge is 0.257 e. The fourth-order valence-corrected chi connectivity index (χ4v) is 2.13. The maximum atomic E-state index is 12.9. The number of hydrogen-bond acceptors (Lipinski definition) is 2. The number of nitrogen functional groups attached to an aromatic ring is 1. The summed E-state index contributed by atoms with van der Waals surface area (Å²) < 4.78 is 26.4. The first-order chi connectivity index (χ1) is 8.97. The molecule has 0 spiro atoms. The molecule has 0 unspecified atom stereocenters. The predicted octanol–water partition coefficient (Wildman–Crippen LogP) is 3.40. The molecule has 3 nitrogen and oxygen atoms in total. The van der Waals surface area contributed by atoms with Crippen LogP contribution in [0.15, 0.2) is 36.4 Å². The van der Waals surface area contributed by atoms with Gasteiger partial charge < -0.3 is 11.1 Å². The zero-order chi connectivity index (χ0) is 14.0. The molecule has 19 heavy (non-hydrogen) atoms. The lowest BCUT2D eigenvalue weighted by Gasteiger charge is -2.09. The molecule has 0 aliphatic rings. The highest BCUT2D eigenvalue weighted by atomic mass is 127. The van der Waals surface area contributed by atoms with Gasteiger partial charge in [0, 0.05) is 9.26 Å². The number of halogens is 3. The monoisotopic (exact) mass is 374 g/mol. The van der Waals surface area contributed by atoms with Gasteiger partial charge in [0.15, 0.2) is 0 Å². The van der Waals surface area contributed by atoms with Crippen LogP contribution in [0.4, 0.5) is 20.2 Å². The molecule has 0 heterocycles. The number of nitrogens with two attached hydrogens (primary N) is 1. The van der Waals surface area contributed by atoms with Gasteiger partial charge in [-0.1, -0.05) is 0 Å². The SMILES string of the molecule is Nc1cc(F)ccc1C(=O)Nc1ccc(F)cc1I. The highest BCUT2D eigenvalue weighted by Gasteiger charge is 2.12. The van der Waals surface area contributed by atoms with Crippen LogP contribution in [0.3, 0.4) is 0 Å². The van der Waals surface area contributed by atoms with Gasteiger partial charge in [-0.25, -0.2) is 8.78 Å². The number of nitrogens with one attached hydrogen (secondary N) is 1. The molecule has 0 bridgehead atoms. The van der Waals surface area contributed by atoms with Crippen molar-refractivity contribution in [2.75, 3.05) is 11.1 Å². The lowest BCUT2D eigenvalue weighted by molar-refractivity contribution is 0.102. The average Bonchev–Trinajstić information content (AvgIpc) is 2.32. The molecule has 98 valence electrons. The second-order valence-corrected chi connectivity index (χ2v) is 4.97. The van der Waals surface area contributed by atoms with Crippen molar-refractivity contribution in [1.82, 2.24) is 0 Å². The molecule has 1 amide bonds. The first kappa shape index (κ1) is 13.7. The molecule has 2 rings (SSSR count). The van der Waals surface area contributed by atoms with Crippen molar-refractivity contribution in [3.05, 3.63) is 57.2 Å². The number of benzene rings is 2. The van der Waals surface area contributed by atoms with Crippen LogP contribution in [-0.4, -0.2) is 5.91 Å². The Kier molecular flexibility index (Phi) is 3.98. The molecule has 0 atom stereocenters. The summed E-state index contributed by atoms with van der Waals surface area (Å²) in [5, 5.41) is 2.60. The van der Waals surface area contributed by atoms with Crippen LogP contribution in [-0.2, 0) is 0 Å². The molecule has 2 aromatic carbocycles. The second kappa shape index (κ2) is 5.52. The van der Waals surface area contributed by atoms with Crippen LogP contribution < -0.4 is 11.1 Å². The number of rotatable bonds is 2. The Morgan fingerprint density at radius 1 is 1.11 bits per heavy atom. The molecule has 0 saturated heterocycles. The highest BCUT2D eigenvalue weighted by Crippen LogP contribution is 2.21. The lowest BCUT2D eigenvalue weighted by atomic mass is 10.1. The molecule has 0 radical (unpaired) electrons. The van der Waals surface area contributed by atoms with E-state index in [2.05, 4.69) is 5.32 Å². The summed E-state index contributed by atoms with van der Waals surface area (Å²) in [6.07, 6.45) is 0. The zero-order valence-corrected chi connectivity index (χ0v) is 11.7. The van der Waals surface area contributed by atoms with Crippen molar-refractivity contribution < 1.29 is 13.6 Å². The fraction of sp³-hybridized carbons (Fsp3) is 0. The maximum absolute atomic E-state index is 12.9. The molecular formula is C13H9F2IN2O. The van der Waals surface area contributed by atoms with Crippen molar-refractivity contribution >= 4 is 39.9 Å². The largest absolute Gasteiger partial charge is 0.398 e. The second-order valence-electron chi connectivity index (χ2n) is 3.81. The van der Waals surface area contributed by atoms with E-state index >= 15 is 0 Å². The van der Waals surface area contributed by atoms with Gasteiger partial charge in [0.05, 0.1) is 11.3 Å². The lowest BCUT2D eigenvalue weighted by Crippen LogP contribution is -2.15. The summed E-state index contributed by atoms with van der Waals surface area (Å²) in [4.78, 5) is 12.0. The first-order valence-electron chi connectivity index (χ1n) is 5.29. The van der Waals surface area contributed by atoms with Crippen molar-refractivity contribution in [2.45, 2.75) is 0 Å². The standard InChI is InChI=1S/C13H9F2IN2O/c14-7-2-4-12(10(16)5-7)18-13(19)9-3-1-8(15)6-11(9)17/h1-6H,17H2,(H,18,19). The van der Waals surface area contributed by atoms with Gasteiger partial charge in [-0.3, -0.25) is 4.79 Å². The third kappa shape index (κ3) is 3.19. The number of anilines is 2. The molecule has 3 N–H and O–H groups in total. The van der Waals surface area contributed by atoms with Crippen molar-refractivity contribution in [3.8, 4) is 0 Å². The van der Waals surface area contributed by atoms with E-state index in [4.69, 9.17) is 5.73 Å². The predicted molar refractivity (Wildman–Crippen MR) is 77.9 cm³/mol. The number of amides is 1. The molecule has 0 aromatic heterocycles. The fourth-order valence-electron chi connectivity index (χ4n) is 1.52. The van der Waals surface area contributed by atoms with Gasteiger partial charge >= 0.3 is 0 Å². The minimum Gasteiger partial charge on any atom is -0.398 e. The van der Waals surface area contributed by atoms with Gasteiger partial charge in [-0.2, -0.15) is 0 Å². The van der Waals surface area contributed by atoms with E-state index < -0.39 is 11.7 Å². The molecule has 0 aliphatic carbocycles. The Balaban J connectivity index is 2.25. The van der Waals surface area contributed by atoms with Crippen LogP contribution >= 0.6 is 22.6 Å². The van der Waals surface area contributed by atoms with E-state index in [1.54, 1.807) is 0 Å². The van der Waals surface area contributed by atoms with Crippen molar-refractivity contribution in [3.63, 3.8) is 0 Å². The molecule has 0 saturated carbocycles. The quantitative estimate of drug-likeness (QED) is 0.626. The summed E-state index contributed by atoms with van der Waals surface area (Å²) in [6.45, 7) is 0. The summed E-state index contributed by atoms with van der Waals surface area (Å²) in [5.74, 6) is -1.36. The maximum Gasteiger partial charge on any atom is 0.257 e. The van der Waals surface area contributed by atoms with Gasteiger partial charge in [-0.15, -0.1) is 0 Å². The topological polar surface area (TPSA) is 55.1 Å². The minimum atomic E-state index is -0.509. The van der Waals surface area contributed by atoms with Crippen LogP contribution in [0.1, 0.15) is 10.4 Å². The van der Waals surface area contributed by atoms with Crippen LogP contribution in [0.2, 0.25) is 0 Å². The van der Waals surface area contributed by atoms with E-state index in [-0.39, 0.29) is 17.1 Å². The third-order valence-electron chi connectivity index (χ3n) is 2.44. The first-order valence-corrected chi connectivity index (χ1v) is 6.36. The number of hydrogen-bond donors (Lipinski definition) is 2. The van der Waals surface area contributed by atoms with Crippen LogP contribution in [0, 0.1) is 15.2 Å². The summed E-state index contributed by atoms with van der Waals surface area (Å²) >= 11 is 1.91. The molecule has 2 aromatic rings. The van der Waals surface area contributed by atoms with Gasteiger partial charge in [0.25, 0.3) is 5.91 Å². The molecule has 6 heteroatoms. The number of carbonyl (C=O) groups is 1. The Hall–Kier alpha value is -1.70. The van der Waals surface area contributed by atoms with Gasteiger partial charge in [-0.05, 0) is 59.0 Å². The zero-order valence-electron chi connectivity index (χ0n) is 9.58. The van der Waals surface area contributed by atoms with Crippen molar-refractivity contribution in [1.29, 1.82) is 0 Å². The summed E-state index contributed by atoms with van der Waals surface area (Å²) in [7, 11) is 0. The normalized spacial score (nSPS) is 10.3. The van der Waals surface area contributed by atoms with Gasteiger partial charge in [0.1, 0.15) is 11.6 Å². The highest BCUT2D eigenvalue weighted by molar-refractivity contribution is 14.1. The van der Waals surface area contributed by atoms with Crippen molar-refractivity contribution in [2.24, 2.45) is 0 Å². The van der Waals surface area contributed by atoms with Gasteiger partial charge in [0.2, 0.25) is 0 Å². The third-order valence-corrected chi connectivity index (χ3v) is 3.33. The average molecular weight is 374 g/mol. The Bertz CT molecular complexity index is 647.